The predicted molar refractivity (Wildman–Crippen MR) is 76.0 cm³/mol. The Hall–Kier alpha value is -2.08. The Bertz CT molecular complexity index is 593. The largest absolute Gasteiger partial charge is 0.367 e. The number of hydrogen-bond donors (Lipinski definition) is 1. The molecule has 0 aromatic carbocycles. The van der Waals surface area contributed by atoms with Crippen molar-refractivity contribution < 1.29 is 4.79 Å². The van der Waals surface area contributed by atoms with Crippen molar-refractivity contribution in [2.24, 2.45) is 0 Å². The number of carbonyl (C=O) groups excluding carboxylic acids is 1. The molecule has 2 aromatic heterocycles. The number of amides is 1. The number of rotatable bonds is 2. The molecule has 1 fully saturated rings. The molecule has 0 bridgehead atoms. The zero-order valence-electron chi connectivity index (χ0n) is 10.8. The van der Waals surface area contributed by atoms with Crippen molar-refractivity contribution in [2.45, 2.75) is 0 Å². The Balaban J connectivity index is 1.65. The van der Waals surface area contributed by atoms with Gasteiger partial charge in [0.15, 0.2) is 0 Å². The number of aromatic amines is 1. The second kappa shape index (κ2) is 5.50. The van der Waals surface area contributed by atoms with E-state index in [1.54, 1.807) is 24.7 Å². The molecule has 104 valence electrons. The highest BCUT2D eigenvalue weighted by molar-refractivity contribution is 6.33. The van der Waals surface area contributed by atoms with Crippen molar-refractivity contribution >= 4 is 23.2 Å². The Morgan fingerprint density at radius 1 is 1.20 bits per heavy atom. The maximum absolute atomic E-state index is 12.2. The van der Waals surface area contributed by atoms with Gasteiger partial charge in [-0.3, -0.25) is 14.9 Å². The van der Waals surface area contributed by atoms with Crippen LogP contribution < -0.4 is 4.90 Å². The summed E-state index contributed by atoms with van der Waals surface area (Å²) in [5, 5.41) is 7.15. The summed E-state index contributed by atoms with van der Waals surface area (Å²) in [5.41, 5.74) is 1.50. The van der Waals surface area contributed by atoms with Crippen molar-refractivity contribution in [3.63, 3.8) is 0 Å². The summed E-state index contributed by atoms with van der Waals surface area (Å²) in [6.07, 6.45) is 4.95. The van der Waals surface area contributed by atoms with Gasteiger partial charge in [0.25, 0.3) is 5.91 Å². The molecule has 1 amide bonds. The monoisotopic (exact) mass is 291 g/mol. The highest BCUT2D eigenvalue weighted by Gasteiger charge is 2.23. The van der Waals surface area contributed by atoms with Crippen LogP contribution in [0.15, 0.2) is 30.7 Å². The van der Waals surface area contributed by atoms with E-state index in [2.05, 4.69) is 20.1 Å². The van der Waals surface area contributed by atoms with Crippen LogP contribution in [0.5, 0.6) is 0 Å². The van der Waals surface area contributed by atoms with E-state index in [9.17, 15) is 4.79 Å². The molecule has 1 aliphatic rings. The molecule has 0 unspecified atom stereocenters. The van der Waals surface area contributed by atoms with Gasteiger partial charge < -0.3 is 9.80 Å². The summed E-state index contributed by atoms with van der Waals surface area (Å²) in [4.78, 5) is 20.1. The number of nitrogens with one attached hydrogen (secondary N) is 1. The average Bonchev–Trinajstić information content (AvgIpc) is 3.01. The molecule has 0 atom stereocenters. The second-order valence-electron chi connectivity index (χ2n) is 4.58. The van der Waals surface area contributed by atoms with Crippen LogP contribution in [0.25, 0.3) is 0 Å². The topological polar surface area (TPSA) is 65.1 Å². The molecule has 1 N–H and O–H groups in total. The quantitative estimate of drug-likeness (QED) is 0.909. The predicted octanol–water partition coefficient (Wildman–Crippen LogP) is 1.42. The van der Waals surface area contributed by atoms with E-state index in [1.807, 2.05) is 11.0 Å². The smallest absolute Gasteiger partial charge is 0.271 e. The lowest BCUT2D eigenvalue weighted by molar-refractivity contribution is 0.0741. The van der Waals surface area contributed by atoms with Crippen LogP contribution in [-0.4, -0.2) is 52.2 Å². The molecular weight excluding hydrogens is 278 g/mol. The van der Waals surface area contributed by atoms with Gasteiger partial charge in [-0.2, -0.15) is 5.10 Å². The molecule has 6 nitrogen and oxygen atoms in total. The molecule has 1 saturated heterocycles. The number of hydrogen-bond acceptors (Lipinski definition) is 4. The summed E-state index contributed by atoms with van der Waals surface area (Å²) in [6, 6.07) is 3.59. The van der Waals surface area contributed by atoms with Crippen LogP contribution in [0, 0.1) is 0 Å². The highest BCUT2D eigenvalue weighted by Crippen LogP contribution is 2.25. The van der Waals surface area contributed by atoms with E-state index in [0.717, 1.165) is 18.8 Å². The van der Waals surface area contributed by atoms with Crippen molar-refractivity contribution in [3.05, 3.63) is 41.4 Å². The Labute approximate surface area is 121 Å². The number of halogens is 1. The van der Waals surface area contributed by atoms with Crippen LogP contribution in [-0.2, 0) is 0 Å². The summed E-state index contributed by atoms with van der Waals surface area (Å²) in [6.45, 7) is 2.83. The van der Waals surface area contributed by atoms with E-state index in [1.165, 1.54) is 0 Å². The standard InChI is InChI=1S/C13H14ClN5O/c14-10-9-15-3-2-12(10)18-5-7-19(8-6-18)13(20)11-1-4-16-17-11/h1-4,9H,5-8H2,(H,16,17). The fourth-order valence-corrected chi connectivity index (χ4v) is 2.56. The van der Waals surface area contributed by atoms with Gasteiger partial charge in [-0.05, 0) is 12.1 Å². The number of anilines is 1. The van der Waals surface area contributed by atoms with Gasteiger partial charge in [-0.1, -0.05) is 11.6 Å². The van der Waals surface area contributed by atoms with E-state index < -0.39 is 0 Å². The summed E-state index contributed by atoms with van der Waals surface area (Å²) in [5.74, 6) is -0.0111. The van der Waals surface area contributed by atoms with E-state index >= 15 is 0 Å². The summed E-state index contributed by atoms with van der Waals surface area (Å²) >= 11 is 6.14. The van der Waals surface area contributed by atoms with Gasteiger partial charge in [0.1, 0.15) is 5.69 Å². The number of pyridine rings is 1. The first-order chi connectivity index (χ1) is 9.75. The first kappa shape index (κ1) is 12.9. The summed E-state index contributed by atoms with van der Waals surface area (Å²) < 4.78 is 0. The van der Waals surface area contributed by atoms with Gasteiger partial charge >= 0.3 is 0 Å². The van der Waals surface area contributed by atoms with Crippen molar-refractivity contribution in [1.29, 1.82) is 0 Å². The lowest BCUT2D eigenvalue weighted by Crippen LogP contribution is -2.49. The molecule has 1 aliphatic heterocycles. The molecule has 3 heterocycles. The van der Waals surface area contributed by atoms with Crippen LogP contribution in [0.4, 0.5) is 5.69 Å². The molecule has 0 saturated carbocycles. The first-order valence-electron chi connectivity index (χ1n) is 6.39. The molecule has 0 aliphatic carbocycles. The third kappa shape index (κ3) is 2.46. The van der Waals surface area contributed by atoms with Crippen LogP contribution in [0.1, 0.15) is 10.5 Å². The highest BCUT2D eigenvalue weighted by atomic mass is 35.5. The minimum absolute atomic E-state index is 0.0111. The number of H-pyrrole nitrogens is 1. The maximum Gasteiger partial charge on any atom is 0.271 e. The zero-order valence-corrected chi connectivity index (χ0v) is 11.5. The lowest BCUT2D eigenvalue weighted by Gasteiger charge is -2.36. The van der Waals surface area contributed by atoms with Gasteiger partial charge in [-0.25, -0.2) is 0 Å². The van der Waals surface area contributed by atoms with Gasteiger partial charge in [0, 0.05) is 44.8 Å². The lowest BCUT2D eigenvalue weighted by atomic mass is 10.2. The van der Waals surface area contributed by atoms with Gasteiger partial charge in [-0.15, -0.1) is 0 Å². The SMILES string of the molecule is O=C(c1ccn[nH]1)N1CCN(c2ccncc2Cl)CC1. The second-order valence-corrected chi connectivity index (χ2v) is 4.98. The van der Waals surface area contributed by atoms with Gasteiger partial charge in [0.05, 0.1) is 10.7 Å². The number of nitrogens with zero attached hydrogens (tertiary/aromatic N) is 4. The number of carbonyl (C=O) groups is 1. The van der Waals surface area contributed by atoms with E-state index in [-0.39, 0.29) is 5.91 Å². The Morgan fingerprint density at radius 3 is 2.65 bits per heavy atom. The van der Waals surface area contributed by atoms with Crippen molar-refractivity contribution in [1.82, 2.24) is 20.1 Å². The first-order valence-corrected chi connectivity index (χ1v) is 6.76. The van der Waals surface area contributed by atoms with Crippen LogP contribution >= 0.6 is 11.6 Å². The Kier molecular flexibility index (Phi) is 3.56. The molecule has 2 aromatic rings. The molecule has 20 heavy (non-hydrogen) atoms. The normalized spacial score (nSPS) is 15.4. The minimum atomic E-state index is -0.0111. The van der Waals surface area contributed by atoms with Crippen LogP contribution in [0.3, 0.4) is 0 Å². The van der Waals surface area contributed by atoms with E-state index in [0.29, 0.717) is 23.8 Å². The molecule has 7 heteroatoms. The number of aromatic nitrogens is 3. The maximum atomic E-state index is 12.2. The summed E-state index contributed by atoms with van der Waals surface area (Å²) in [7, 11) is 0. The molecular formula is C13H14ClN5O. The van der Waals surface area contributed by atoms with Crippen molar-refractivity contribution in [2.75, 3.05) is 31.1 Å². The van der Waals surface area contributed by atoms with Crippen LogP contribution in [0.2, 0.25) is 5.02 Å². The van der Waals surface area contributed by atoms with Crippen molar-refractivity contribution in [3.8, 4) is 0 Å². The molecule has 0 spiro atoms. The Morgan fingerprint density at radius 2 is 2.00 bits per heavy atom. The fraction of sp³-hybridized carbons (Fsp3) is 0.308. The van der Waals surface area contributed by atoms with E-state index in [4.69, 9.17) is 11.6 Å². The average molecular weight is 292 g/mol. The molecule has 3 rings (SSSR count). The number of piperazine rings is 1. The fourth-order valence-electron chi connectivity index (χ4n) is 2.32. The van der Waals surface area contributed by atoms with Gasteiger partial charge in [0.2, 0.25) is 0 Å². The third-order valence-corrected chi connectivity index (χ3v) is 3.68. The zero-order chi connectivity index (χ0) is 13.9. The molecule has 0 radical (unpaired) electrons. The third-order valence-electron chi connectivity index (χ3n) is 3.39. The minimum Gasteiger partial charge on any atom is -0.367 e.